The summed E-state index contributed by atoms with van der Waals surface area (Å²) < 4.78 is 0. The van der Waals surface area contributed by atoms with Crippen LogP contribution in [-0.2, 0) is 0 Å². The van der Waals surface area contributed by atoms with E-state index < -0.39 is 0 Å². The lowest BCUT2D eigenvalue weighted by molar-refractivity contribution is 0.702. The molecule has 46 valence electrons. The molecule has 0 aliphatic carbocycles. The SMILES string of the molecule is C/C=C/C(C)(C)C=S. The van der Waals surface area contributed by atoms with Crippen molar-refractivity contribution in [3.63, 3.8) is 0 Å². The Bertz CT molecular complexity index is 101. The molecule has 0 spiro atoms. The van der Waals surface area contributed by atoms with Gasteiger partial charge in [-0.3, -0.25) is 0 Å². The standard InChI is InChI=1S/C7H12S/c1-4-5-7(2,3)6-8/h4-6H,1-3H3/b5-4+. The first kappa shape index (κ1) is 7.83. The van der Waals surface area contributed by atoms with Crippen molar-refractivity contribution >= 4 is 17.6 Å². The third-order valence-electron chi connectivity index (χ3n) is 0.900. The van der Waals surface area contributed by atoms with Gasteiger partial charge in [0.25, 0.3) is 0 Å². The first-order chi connectivity index (χ1) is 3.62. The van der Waals surface area contributed by atoms with Gasteiger partial charge in [0, 0.05) is 5.41 Å². The van der Waals surface area contributed by atoms with Gasteiger partial charge in [0.05, 0.1) is 0 Å². The summed E-state index contributed by atoms with van der Waals surface area (Å²) in [5.41, 5.74) is 0.101. The molecular weight excluding hydrogens is 116 g/mol. The van der Waals surface area contributed by atoms with Crippen LogP contribution in [0, 0.1) is 5.41 Å². The second-order valence-corrected chi connectivity index (χ2v) is 2.67. The first-order valence-electron chi connectivity index (χ1n) is 2.72. The average Bonchev–Trinajstić information content (AvgIpc) is 1.67. The third kappa shape index (κ3) is 2.92. The van der Waals surface area contributed by atoms with E-state index in [1.165, 1.54) is 0 Å². The maximum atomic E-state index is 4.78. The van der Waals surface area contributed by atoms with Gasteiger partial charge < -0.3 is 0 Å². The summed E-state index contributed by atoms with van der Waals surface area (Å²) in [7, 11) is 0. The van der Waals surface area contributed by atoms with Crippen LogP contribution in [0.25, 0.3) is 0 Å². The lowest BCUT2D eigenvalue weighted by atomic mass is 9.96. The number of hydrogen-bond donors (Lipinski definition) is 0. The predicted molar refractivity (Wildman–Crippen MR) is 42.3 cm³/mol. The molecule has 1 heteroatoms. The average molecular weight is 128 g/mol. The van der Waals surface area contributed by atoms with Crippen molar-refractivity contribution in [2.75, 3.05) is 0 Å². The molecule has 0 aliphatic heterocycles. The zero-order valence-corrected chi connectivity index (χ0v) is 6.46. The second-order valence-electron chi connectivity index (χ2n) is 2.44. The molecule has 0 saturated carbocycles. The fourth-order valence-electron chi connectivity index (χ4n) is 0.469. The minimum Gasteiger partial charge on any atom is -0.0925 e. The van der Waals surface area contributed by atoms with Gasteiger partial charge >= 0.3 is 0 Å². The summed E-state index contributed by atoms with van der Waals surface area (Å²) in [5, 5.41) is 1.77. The van der Waals surface area contributed by atoms with E-state index in [2.05, 4.69) is 19.9 Å². The fraction of sp³-hybridized carbons (Fsp3) is 0.571. The Hall–Kier alpha value is -0.170. The van der Waals surface area contributed by atoms with Gasteiger partial charge in [-0.1, -0.05) is 38.2 Å². The van der Waals surface area contributed by atoms with Gasteiger partial charge in [-0.05, 0) is 12.3 Å². The maximum Gasteiger partial charge on any atom is 0.0109 e. The van der Waals surface area contributed by atoms with E-state index in [1.807, 2.05) is 13.0 Å². The Morgan fingerprint density at radius 3 is 2.00 bits per heavy atom. The van der Waals surface area contributed by atoms with Crippen LogP contribution in [0.2, 0.25) is 0 Å². The lowest BCUT2D eigenvalue weighted by Gasteiger charge is -2.10. The van der Waals surface area contributed by atoms with E-state index in [4.69, 9.17) is 12.2 Å². The van der Waals surface area contributed by atoms with Crippen molar-refractivity contribution in [3.8, 4) is 0 Å². The normalized spacial score (nSPS) is 12.4. The smallest absolute Gasteiger partial charge is 0.0109 e. The Morgan fingerprint density at radius 1 is 1.38 bits per heavy atom. The topological polar surface area (TPSA) is 0 Å². The van der Waals surface area contributed by atoms with Crippen molar-refractivity contribution in [2.45, 2.75) is 20.8 Å². The van der Waals surface area contributed by atoms with Gasteiger partial charge in [0.2, 0.25) is 0 Å². The van der Waals surface area contributed by atoms with Crippen LogP contribution < -0.4 is 0 Å². The van der Waals surface area contributed by atoms with Crippen molar-refractivity contribution in [2.24, 2.45) is 5.41 Å². The van der Waals surface area contributed by atoms with Crippen LogP contribution in [0.1, 0.15) is 20.8 Å². The van der Waals surface area contributed by atoms with Crippen molar-refractivity contribution in [3.05, 3.63) is 12.2 Å². The molecule has 0 rings (SSSR count). The van der Waals surface area contributed by atoms with Gasteiger partial charge in [0.1, 0.15) is 0 Å². The number of hydrogen-bond acceptors (Lipinski definition) is 1. The molecule has 0 bridgehead atoms. The van der Waals surface area contributed by atoms with Crippen LogP contribution in [0.15, 0.2) is 12.2 Å². The quantitative estimate of drug-likeness (QED) is 0.407. The molecule has 0 fully saturated rings. The summed E-state index contributed by atoms with van der Waals surface area (Å²) in [6, 6.07) is 0. The van der Waals surface area contributed by atoms with Crippen LogP contribution in [0.4, 0.5) is 0 Å². The minimum atomic E-state index is 0.101. The molecule has 0 saturated heterocycles. The summed E-state index contributed by atoms with van der Waals surface area (Å²) in [5.74, 6) is 0. The highest BCUT2D eigenvalue weighted by molar-refractivity contribution is 7.79. The Labute approximate surface area is 56.6 Å². The Kier molecular flexibility index (Phi) is 2.91. The zero-order valence-electron chi connectivity index (χ0n) is 5.64. The highest BCUT2D eigenvalue weighted by Crippen LogP contribution is 2.12. The highest BCUT2D eigenvalue weighted by atomic mass is 32.1. The van der Waals surface area contributed by atoms with Gasteiger partial charge in [-0.25, -0.2) is 0 Å². The maximum absolute atomic E-state index is 4.78. The zero-order chi connectivity index (χ0) is 6.62. The summed E-state index contributed by atoms with van der Waals surface area (Å²) in [6.45, 7) is 6.17. The van der Waals surface area contributed by atoms with E-state index in [1.54, 1.807) is 5.37 Å². The number of rotatable bonds is 2. The molecule has 0 N–H and O–H groups in total. The molecule has 0 aliphatic rings. The summed E-state index contributed by atoms with van der Waals surface area (Å²) >= 11 is 4.78. The van der Waals surface area contributed by atoms with Crippen molar-refractivity contribution in [1.29, 1.82) is 0 Å². The first-order valence-corrected chi connectivity index (χ1v) is 3.20. The van der Waals surface area contributed by atoms with Crippen molar-refractivity contribution < 1.29 is 0 Å². The highest BCUT2D eigenvalue weighted by Gasteiger charge is 2.06. The molecule has 0 unspecified atom stereocenters. The largest absolute Gasteiger partial charge is 0.0925 e. The monoisotopic (exact) mass is 128 g/mol. The van der Waals surface area contributed by atoms with E-state index in [0.29, 0.717) is 0 Å². The molecule has 8 heavy (non-hydrogen) atoms. The second kappa shape index (κ2) is 2.98. The molecule has 0 aromatic carbocycles. The number of thiocarbonyl (C=S) groups is 1. The Morgan fingerprint density at radius 2 is 1.88 bits per heavy atom. The molecule has 0 aromatic heterocycles. The minimum absolute atomic E-state index is 0.101. The number of allylic oxidation sites excluding steroid dienone is 2. The molecule has 0 radical (unpaired) electrons. The Balaban J connectivity index is 3.90. The van der Waals surface area contributed by atoms with E-state index in [-0.39, 0.29) is 5.41 Å². The van der Waals surface area contributed by atoms with Crippen molar-refractivity contribution in [1.82, 2.24) is 0 Å². The molecule has 0 nitrogen and oxygen atoms in total. The van der Waals surface area contributed by atoms with E-state index in [9.17, 15) is 0 Å². The summed E-state index contributed by atoms with van der Waals surface area (Å²) in [4.78, 5) is 0. The van der Waals surface area contributed by atoms with Crippen LogP contribution >= 0.6 is 12.2 Å². The predicted octanol–water partition coefficient (Wildman–Crippen LogP) is 2.59. The van der Waals surface area contributed by atoms with Crippen LogP contribution in [-0.4, -0.2) is 5.37 Å². The fourth-order valence-corrected chi connectivity index (χ4v) is 0.547. The third-order valence-corrected chi connectivity index (χ3v) is 1.51. The van der Waals surface area contributed by atoms with Crippen LogP contribution in [0.5, 0.6) is 0 Å². The molecule has 0 aromatic rings. The van der Waals surface area contributed by atoms with Gasteiger partial charge in [-0.15, -0.1) is 0 Å². The van der Waals surface area contributed by atoms with Gasteiger partial charge in [0.15, 0.2) is 0 Å². The van der Waals surface area contributed by atoms with E-state index >= 15 is 0 Å². The van der Waals surface area contributed by atoms with E-state index in [0.717, 1.165) is 0 Å². The molecule has 0 heterocycles. The van der Waals surface area contributed by atoms with Crippen LogP contribution in [0.3, 0.4) is 0 Å². The molecular formula is C7H12S. The summed E-state index contributed by atoms with van der Waals surface area (Å²) in [6.07, 6.45) is 4.10. The molecule has 0 amide bonds. The molecule has 0 atom stereocenters. The van der Waals surface area contributed by atoms with Gasteiger partial charge in [-0.2, -0.15) is 0 Å². The lowest BCUT2D eigenvalue weighted by Crippen LogP contribution is -2.05.